The third kappa shape index (κ3) is 8.59. The summed E-state index contributed by atoms with van der Waals surface area (Å²) in [5, 5.41) is 8.09. The van der Waals surface area contributed by atoms with E-state index in [1.54, 1.807) is 24.3 Å². The lowest BCUT2D eigenvalue weighted by Crippen LogP contribution is -2.58. The summed E-state index contributed by atoms with van der Waals surface area (Å²) in [6.45, 7) is 0.0458. The number of alkyl carbamates (subject to hydrolysis) is 1. The molecule has 4 aromatic carbocycles. The number of amides is 4. The van der Waals surface area contributed by atoms with Crippen molar-refractivity contribution in [3.05, 3.63) is 150 Å². The number of benzene rings is 4. The van der Waals surface area contributed by atoms with Crippen LogP contribution >= 0.6 is 0 Å². The van der Waals surface area contributed by atoms with Gasteiger partial charge >= 0.3 is 6.09 Å². The number of Topliss-reactive ketones (excluding diaryl/α,β-unsaturated/α-hetero) is 1. The van der Waals surface area contributed by atoms with Crippen LogP contribution in [0, 0.1) is 0 Å². The third-order valence-corrected chi connectivity index (χ3v) is 9.01. The summed E-state index contributed by atoms with van der Waals surface area (Å²) in [5.41, 5.74) is 11.5. The molecule has 52 heavy (non-hydrogen) atoms. The minimum atomic E-state index is -1.32. The molecule has 1 aliphatic carbocycles. The standard InChI is InChI=1S/C40H38N6O6/c41-37(48)36(47)33(21-27-22-42-24-43-27)44-38(49)34(19-25-11-3-1-4-12-25)45-39(50)35(20-26-13-5-2-6-14-26)46-40(51)52-23-32-30-17-9-7-15-28(30)29-16-8-10-18-31(29)32/h1-18,22,24,32-35H,19-21,23H2,(H2,41,48)(H,42,43)(H,44,49)(H,45,50)(H,46,51)/t33-,34-,35-/m0/s1. The molecule has 264 valence electrons. The number of H-pyrrole nitrogens is 1. The number of ketones is 1. The topological polar surface area (TPSA) is 185 Å². The molecule has 0 fully saturated rings. The fourth-order valence-electron chi connectivity index (χ4n) is 6.44. The molecular weight excluding hydrogens is 660 g/mol. The summed E-state index contributed by atoms with van der Waals surface area (Å²) in [4.78, 5) is 72.7. The Kier molecular flexibility index (Phi) is 11.1. The first kappa shape index (κ1) is 35.3. The maximum atomic E-state index is 14.0. The van der Waals surface area contributed by atoms with Crippen molar-refractivity contribution in [2.75, 3.05) is 6.61 Å². The van der Waals surface area contributed by atoms with Crippen LogP contribution in [0.15, 0.2) is 122 Å². The average molecular weight is 699 g/mol. The zero-order valence-electron chi connectivity index (χ0n) is 28.2. The summed E-state index contributed by atoms with van der Waals surface area (Å²) in [6.07, 6.45) is 2.12. The number of aromatic nitrogens is 2. The molecular formula is C40H38N6O6. The fourth-order valence-corrected chi connectivity index (χ4v) is 6.44. The van der Waals surface area contributed by atoms with Crippen LogP contribution in [0.3, 0.4) is 0 Å². The number of rotatable bonds is 15. The van der Waals surface area contributed by atoms with E-state index < -0.39 is 47.7 Å². The highest BCUT2D eigenvalue weighted by Crippen LogP contribution is 2.44. The zero-order chi connectivity index (χ0) is 36.5. The van der Waals surface area contributed by atoms with Crippen molar-refractivity contribution < 1.29 is 28.7 Å². The van der Waals surface area contributed by atoms with Crippen molar-refractivity contribution in [3.63, 3.8) is 0 Å². The number of ether oxygens (including phenoxy) is 1. The number of aromatic amines is 1. The molecule has 0 bridgehead atoms. The van der Waals surface area contributed by atoms with Crippen LogP contribution in [0.4, 0.5) is 4.79 Å². The molecule has 0 saturated carbocycles. The molecule has 0 spiro atoms. The number of nitrogens with one attached hydrogen (secondary N) is 4. The normalized spacial score (nSPS) is 13.5. The van der Waals surface area contributed by atoms with Gasteiger partial charge in [-0.2, -0.15) is 0 Å². The van der Waals surface area contributed by atoms with Gasteiger partial charge in [-0.25, -0.2) is 9.78 Å². The number of fused-ring (bicyclic) bond motifs is 3. The molecule has 3 atom stereocenters. The molecule has 0 saturated heterocycles. The van der Waals surface area contributed by atoms with Crippen LogP contribution in [-0.4, -0.2) is 64.3 Å². The predicted molar refractivity (Wildman–Crippen MR) is 193 cm³/mol. The van der Waals surface area contributed by atoms with Gasteiger partial charge in [0, 0.05) is 37.1 Å². The second kappa shape index (κ2) is 16.4. The van der Waals surface area contributed by atoms with Gasteiger partial charge in [0.25, 0.3) is 5.91 Å². The lowest BCUT2D eigenvalue weighted by Gasteiger charge is -2.25. The molecule has 0 aliphatic heterocycles. The second-order valence-corrected chi connectivity index (χ2v) is 12.5. The van der Waals surface area contributed by atoms with E-state index >= 15 is 0 Å². The van der Waals surface area contributed by atoms with E-state index in [4.69, 9.17) is 10.5 Å². The Morgan fingerprint density at radius 2 is 1.15 bits per heavy atom. The Labute approximate surface area is 300 Å². The average Bonchev–Trinajstić information content (AvgIpc) is 3.79. The Morgan fingerprint density at radius 3 is 1.67 bits per heavy atom. The van der Waals surface area contributed by atoms with Gasteiger partial charge in [-0.05, 0) is 33.4 Å². The van der Waals surface area contributed by atoms with Gasteiger partial charge in [-0.3, -0.25) is 19.2 Å². The van der Waals surface area contributed by atoms with E-state index in [0.717, 1.165) is 33.4 Å². The van der Waals surface area contributed by atoms with Crippen LogP contribution in [0.5, 0.6) is 0 Å². The van der Waals surface area contributed by atoms with E-state index in [9.17, 15) is 24.0 Å². The Morgan fingerprint density at radius 1 is 0.654 bits per heavy atom. The first-order valence-corrected chi connectivity index (χ1v) is 16.9. The van der Waals surface area contributed by atoms with Crippen molar-refractivity contribution in [3.8, 4) is 11.1 Å². The van der Waals surface area contributed by atoms with Crippen LogP contribution < -0.4 is 21.7 Å². The fraction of sp³-hybridized carbons (Fsp3) is 0.200. The first-order valence-electron chi connectivity index (χ1n) is 16.9. The molecule has 12 heteroatoms. The lowest BCUT2D eigenvalue weighted by atomic mass is 9.98. The maximum Gasteiger partial charge on any atom is 0.407 e. The van der Waals surface area contributed by atoms with E-state index in [1.165, 1.54) is 12.5 Å². The minimum Gasteiger partial charge on any atom is -0.449 e. The molecule has 6 N–H and O–H groups in total. The van der Waals surface area contributed by atoms with E-state index in [0.29, 0.717) is 5.69 Å². The minimum absolute atomic E-state index is 0.0446. The molecule has 4 amide bonds. The number of primary amides is 1. The monoisotopic (exact) mass is 698 g/mol. The summed E-state index contributed by atoms with van der Waals surface area (Å²) in [6, 6.07) is 30.4. The molecule has 1 aromatic heterocycles. The van der Waals surface area contributed by atoms with Crippen LogP contribution in [0.2, 0.25) is 0 Å². The van der Waals surface area contributed by atoms with E-state index in [1.807, 2.05) is 84.9 Å². The van der Waals surface area contributed by atoms with Gasteiger partial charge in [0.1, 0.15) is 24.7 Å². The molecule has 6 rings (SSSR count). The van der Waals surface area contributed by atoms with Crippen LogP contribution in [0.1, 0.15) is 33.9 Å². The summed E-state index contributed by atoms with van der Waals surface area (Å²) in [7, 11) is 0. The first-order chi connectivity index (χ1) is 25.3. The van der Waals surface area contributed by atoms with Crippen molar-refractivity contribution in [2.24, 2.45) is 5.73 Å². The number of hydrogen-bond acceptors (Lipinski definition) is 7. The van der Waals surface area contributed by atoms with Gasteiger partial charge in [0.15, 0.2) is 0 Å². The smallest absolute Gasteiger partial charge is 0.407 e. The summed E-state index contributed by atoms with van der Waals surface area (Å²) < 4.78 is 5.76. The van der Waals surface area contributed by atoms with Crippen molar-refractivity contribution in [2.45, 2.75) is 43.3 Å². The summed E-state index contributed by atoms with van der Waals surface area (Å²) >= 11 is 0. The number of imidazole rings is 1. The lowest BCUT2D eigenvalue weighted by molar-refractivity contribution is -0.138. The van der Waals surface area contributed by atoms with Crippen molar-refractivity contribution in [1.82, 2.24) is 25.9 Å². The highest BCUT2D eigenvalue weighted by atomic mass is 16.5. The van der Waals surface area contributed by atoms with Gasteiger partial charge in [-0.15, -0.1) is 0 Å². The van der Waals surface area contributed by atoms with E-state index in [-0.39, 0.29) is 31.8 Å². The number of nitrogens with zero attached hydrogens (tertiary/aromatic N) is 1. The van der Waals surface area contributed by atoms with E-state index in [2.05, 4.69) is 25.9 Å². The second-order valence-electron chi connectivity index (χ2n) is 12.5. The molecule has 1 aliphatic rings. The van der Waals surface area contributed by atoms with Crippen molar-refractivity contribution >= 4 is 29.6 Å². The SMILES string of the molecule is NC(=O)C(=O)[C@H](Cc1cnc[nH]1)NC(=O)[C@H](Cc1ccccc1)NC(=O)[C@H](Cc1ccccc1)NC(=O)OCC1c2ccccc2-c2ccccc21. The zero-order valence-corrected chi connectivity index (χ0v) is 28.2. The number of nitrogens with two attached hydrogens (primary N) is 1. The highest BCUT2D eigenvalue weighted by molar-refractivity contribution is 6.38. The van der Waals surface area contributed by atoms with Gasteiger partial charge in [0.05, 0.1) is 6.33 Å². The third-order valence-electron chi connectivity index (χ3n) is 9.01. The quantitative estimate of drug-likeness (QED) is 0.104. The van der Waals surface area contributed by atoms with Gasteiger partial charge in [0.2, 0.25) is 17.6 Å². The molecule has 1 heterocycles. The number of hydrogen-bond donors (Lipinski definition) is 5. The molecule has 12 nitrogen and oxygen atoms in total. The number of carbonyl (C=O) groups is 5. The van der Waals surface area contributed by atoms with Crippen LogP contribution in [-0.2, 0) is 43.2 Å². The number of carbonyl (C=O) groups excluding carboxylic acids is 5. The largest absolute Gasteiger partial charge is 0.449 e. The highest BCUT2D eigenvalue weighted by Gasteiger charge is 2.33. The predicted octanol–water partition coefficient (Wildman–Crippen LogP) is 3.37. The Balaban J connectivity index is 1.20. The molecule has 0 radical (unpaired) electrons. The molecule has 0 unspecified atom stereocenters. The Hall–Kier alpha value is -6.56. The van der Waals surface area contributed by atoms with Gasteiger partial charge < -0.3 is 31.4 Å². The Bertz CT molecular complexity index is 1990. The maximum absolute atomic E-state index is 14.0. The van der Waals surface area contributed by atoms with Gasteiger partial charge in [-0.1, -0.05) is 109 Å². The summed E-state index contributed by atoms with van der Waals surface area (Å²) in [5.74, 6) is -3.79. The van der Waals surface area contributed by atoms with Crippen molar-refractivity contribution in [1.29, 1.82) is 0 Å². The molecule has 5 aromatic rings. The van der Waals surface area contributed by atoms with Crippen LogP contribution in [0.25, 0.3) is 11.1 Å².